The van der Waals surface area contributed by atoms with Crippen LogP contribution in [0.1, 0.15) is 24.0 Å². The van der Waals surface area contributed by atoms with E-state index < -0.39 is 0 Å². The molecule has 1 heterocycles. The molecule has 1 fully saturated rings. The summed E-state index contributed by atoms with van der Waals surface area (Å²) in [4.78, 5) is 2.44. The Kier molecular flexibility index (Phi) is 4.82. The van der Waals surface area contributed by atoms with Crippen molar-refractivity contribution in [3.63, 3.8) is 0 Å². The minimum Gasteiger partial charge on any atom is -0.393 e. The van der Waals surface area contributed by atoms with Crippen LogP contribution in [0.4, 0.5) is 0 Å². The molecule has 0 radical (unpaired) electrons. The van der Waals surface area contributed by atoms with E-state index in [-0.39, 0.29) is 12.0 Å². The highest BCUT2D eigenvalue weighted by atomic mass is 35.5. The zero-order valence-electron chi connectivity index (χ0n) is 12.8. The quantitative estimate of drug-likeness (QED) is 0.924. The van der Waals surface area contributed by atoms with Crippen LogP contribution in [0.5, 0.6) is 0 Å². The van der Waals surface area contributed by atoms with Gasteiger partial charge in [-0.2, -0.15) is 0 Å². The highest BCUT2D eigenvalue weighted by Gasteiger charge is 2.36. The van der Waals surface area contributed by atoms with Crippen LogP contribution in [0.2, 0.25) is 5.02 Å². The van der Waals surface area contributed by atoms with Crippen molar-refractivity contribution in [2.45, 2.75) is 25.5 Å². The van der Waals surface area contributed by atoms with Crippen LogP contribution in [-0.2, 0) is 6.54 Å². The van der Waals surface area contributed by atoms with Gasteiger partial charge < -0.3 is 5.11 Å². The molecule has 3 atom stereocenters. The summed E-state index contributed by atoms with van der Waals surface area (Å²) in [6.45, 7) is 4.75. The summed E-state index contributed by atoms with van der Waals surface area (Å²) in [5, 5.41) is 10.9. The van der Waals surface area contributed by atoms with Crippen molar-refractivity contribution in [1.82, 2.24) is 4.90 Å². The molecule has 2 nitrogen and oxygen atoms in total. The van der Waals surface area contributed by atoms with Gasteiger partial charge in [0.05, 0.1) is 6.10 Å². The minimum atomic E-state index is -0.304. The normalized spacial score (nSPS) is 23.6. The summed E-state index contributed by atoms with van der Waals surface area (Å²) in [6.07, 6.45) is -0.304. The topological polar surface area (TPSA) is 23.5 Å². The molecule has 0 saturated carbocycles. The lowest BCUT2D eigenvalue weighted by Gasteiger charge is -2.21. The molecule has 0 spiro atoms. The van der Waals surface area contributed by atoms with Crippen LogP contribution in [-0.4, -0.2) is 29.2 Å². The van der Waals surface area contributed by atoms with Crippen molar-refractivity contribution in [2.75, 3.05) is 13.1 Å². The second-order valence-corrected chi connectivity index (χ2v) is 6.68. The molecule has 116 valence electrons. The van der Waals surface area contributed by atoms with Gasteiger partial charge in [0, 0.05) is 36.5 Å². The summed E-state index contributed by atoms with van der Waals surface area (Å²) >= 11 is 5.99. The highest BCUT2D eigenvalue weighted by molar-refractivity contribution is 6.30. The zero-order chi connectivity index (χ0) is 15.5. The van der Waals surface area contributed by atoms with E-state index in [2.05, 4.69) is 41.3 Å². The molecule has 2 aromatic rings. The molecule has 0 aromatic heterocycles. The van der Waals surface area contributed by atoms with Gasteiger partial charge in [-0.3, -0.25) is 4.90 Å². The minimum absolute atomic E-state index is 0.268. The molecule has 3 heteroatoms. The Labute approximate surface area is 137 Å². The summed E-state index contributed by atoms with van der Waals surface area (Å²) in [6, 6.07) is 18.6. The monoisotopic (exact) mass is 315 g/mol. The van der Waals surface area contributed by atoms with Gasteiger partial charge in [0.2, 0.25) is 0 Å². The third-order valence-electron chi connectivity index (χ3n) is 4.61. The number of aliphatic hydroxyl groups excluding tert-OH is 1. The lowest BCUT2D eigenvalue weighted by atomic mass is 9.86. The second kappa shape index (κ2) is 6.82. The van der Waals surface area contributed by atoms with E-state index in [1.807, 2.05) is 25.1 Å². The van der Waals surface area contributed by atoms with E-state index in [0.29, 0.717) is 5.92 Å². The highest BCUT2D eigenvalue weighted by Crippen LogP contribution is 2.35. The molecule has 0 amide bonds. The van der Waals surface area contributed by atoms with Crippen molar-refractivity contribution < 1.29 is 5.11 Å². The third kappa shape index (κ3) is 3.52. The summed E-state index contributed by atoms with van der Waals surface area (Å²) < 4.78 is 0. The number of rotatable bonds is 4. The number of hydrogen-bond donors (Lipinski definition) is 1. The van der Waals surface area contributed by atoms with Crippen molar-refractivity contribution in [2.24, 2.45) is 5.92 Å². The SMILES string of the molecule is CC(O)C1CN(Cc2ccccc2)CC1c1ccc(Cl)cc1. The van der Waals surface area contributed by atoms with E-state index >= 15 is 0 Å². The van der Waals surface area contributed by atoms with Crippen LogP contribution >= 0.6 is 11.6 Å². The van der Waals surface area contributed by atoms with Gasteiger partial charge in [-0.05, 0) is 30.2 Å². The van der Waals surface area contributed by atoms with Crippen molar-refractivity contribution in [3.05, 3.63) is 70.7 Å². The molecule has 1 saturated heterocycles. The van der Waals surface area contributed by atoms with Gasteiger partial charge in [0.15, 0.2) is 0 Å². The van der Waals surface area contributed by atoms with Gasteiger partial charge in [-0.25, -0.2) is 0 Å². The second-order valence-electron chi connectivity index (χ2n) is 6.24. The Bertz CT molecular complexity index is 597. The first-order valence-corrected chi connectivity index (χ1v) is 8.21. The van der Waals surface area contributed by atoms with Crippen molar-refractivity contribution in [3.8, 4) is 0 Å². The standard InChI is InChI=1S/C19H22ClNO/c1-14(22)18-12-21(11-15-5-3-2-4-6-15)13-19(18)16-7-9-17(20)10-8-16/h2-10,14,18-19,22H,11-13H2,1H3. The van der Waals surface area contributed by atoms with Gasteiger partial charge in [-0.1, -0.05) is 54.1 Å². The number of nitrogens with zero attached hydrogens (tertiary/aromatic N) is 1. The molecule has 1 N–H and O–H groups in total. The Morgan fingerprint density at radius 1 is 1.09 bits per heavy atom. The maximum Gasteiger partial charge on any atom is 0.0558 e. The van der Waals surface area contributed by atoms with Crippen molar-refractivity contribution >= 4 is 11.6 Å². The number of halogens is 1. The summed E-state index contributed by atoms with van der Waals surface area (Å²) in [5.41, 5.74) is 2.59. The fourth-order valence-corrected chi connectivity index (χ4v) is 3.56. The van der Waals surface area contributed by atoms with E-state index in [4.69, 9.17) is 11.6 Å². The third-order valence-corrected chi connectivity index (χ3v) is 4.86. The first-order chi connectivity index (χ1) is 10.6. The van der Waals surface area contributed by atoms with Gasteiger partial charge in [0.1, 0.15) is 0 Å². The molecule has 1 aliphatic heterocycles. The zero-order valence-corrected chi connectivity index (χ0v) is 13.6. The predicted octanol–water partition coefficient (Wildman–Crippen LogP) is 3.94. The lowest BCUT2D eigenvalue weighted by molar-refractivity contribution is 0.120. The smallest absolute Gasteiger partial charge is 0.0558 e. The molecule has 22 heavy (non-hydrogen) atoms. The van der Waals surface area contributed by atoms with Crippen LogP contribution in [0, 0.1) is 5.92 Å². The average molecular weight is 316 g/mol. The average Bonchev–Trinajstić information content (AvgIpc) is 2.93. The van der Waals surface area contributed by atoms with Gasteiger partial charge in [0.25, 0.3) is 0 Å². The molecule has 3 rings (SSSR count). The molecule has 2 aromatic carbocycles. The number of benzene rings is 2. The van der Waals surface area contributed by atoms with E-state index in [1.54, 1.807) is 0 Å². The van der Waals surface area contributed by atoms with Crippen LogP contribution in [0.3, 0.4) is 0 Å². The maximum absolute atomic E-state index is 10.2. The van der Waals surface area contributed by atoms with Crippen molar-refractivity contribution in [1.29, 1.82) is 0 Å². The van der Waals surface area contributed by atoms with Crippen LogP contribution < -0.4 is 0 Å². The van der Waals surface area contributed by atoms with E-state index in [0.717, 1.165) is 24.7 Å². The maximum atomic E-state index is 10.2. The van der Waals surface area contributed by atoms with Crippen LogP contribution in [0.25, 0.3) is 0 Å². The Morgan fingerprint density at radius 3 is 2.41 bits per heavy atom. The summed E-state index contributed by atoms with van der Waals surface area (Å²) in [5.74, 6) is 0.630. The number of aliphatic hydroxyl groups is 1. The number of likely N-dealkylation sites (tertiary alicyclic amines) is 1. The molecular weight excluding hydrogens is 294 g/mol. The summed E-state index contributed by atoms with van der Waals surface area (Å²) in [7, 11) is 0. The molecule has 3 unspecified atom stereocenters. The molecular formula is C19H22ClNO. The van der Waals surface area contributed by atoms with Crippen LogP contribution in [0.15, 0.2) is 54.6 Å². The fourth-order valence-electron chi connectivity index (χ4n) is 3.44. The van der Waals surface area contributed by atoms with E-state index in [9.17, 15) is 5.11 Å². The van der Waals surface area contributed by atoms with E-state index in [1.165, 1.54) is 11.1 Å². The van der Waals surface area contributed by atoms with Gasteiger partial charge in [-0.15, -0.1) is 0 Å². The Morgan fingerprint density at radius 2 is 1.77 bits per heavy atom. The fraction of sp³-hybridized carbons (Fsp3) is 0.368. The Hall–Kier alpha value is -1.35. The first-order valence-electron chi connectivity index (χ1n) is 7.83. The predicted molar refractivity (Wildman–Crippen MR) is 91.1 cm³/mol. The Balaban J connectivity index is 1.76. The first kappa shape index (κ1) is 15.5. The number of hydrogen-bond acceptors (Lipinski definition) is 2. The van der Waals surface area contributed by atoms with Gasteiger partial charge >= 0.3 is 0 Å². The molecule has 1 aliphatic rings. The molecule has 0 aliphatic carbocycles. The lowest BCUT2D eigenvalue weighted by Crippen LogP contribution is -2.25. The molecule has 0 bridgehead atoms. The largest absolute Gasteiger partial charge is 0.393 e.